The summed E-state index contributed by atoms with van der Waals surface area (Å²) in [5, 5.41) is 10.0. The summed E-state index contributed by atoms with van der Waals surface area (Å²) in [5.74, 6) is -8.30. The van der Waals surface area contributed by atoms with Crippen LogP contribution in [0.4, 0.5) is 4.79 Å². The van der Waals surface area contributed by atoms with Gasteiger partial charge >= 0.3 is 41.9 Å². The van der Waals surface area contributed by atoms with Gasteiger partial charge in [0, 0.05) is 54.4 Å². The number of rotatable bonds is 20. The highest BCUT2D eigenvalue weighted by Gasteiger charge is 2.56. The molecule has 1 aliphatic carbocycles. The van der Waals surface area contributed by atoms with E-state index >= 15 is 0 Å². The second-order valence-corrected chi connectivity index (χ2v) is 16.7. The molecule has 0 saturated carbocycles. The molecule has 2 heterocycles. The summed E-state index contributed by atoms with van der Waals surface area (Å²) in [6.45, 7) is 9.17. The van der Waals surface area contributed by atoms with Crippen LogP contribution in [0.1, 0.15) is 71.9 Å². The van der Waals surface area contributed by atoms with E-state index in [0.717, 1.165) is 70.7 Å². The van der Waals surface area contributed by atoms with Gasteiger partial charge in [-0.1, -0.05) is 61.2 Å². The minimum atomic E-state index is -1.81. The van der Waals surface area contributed by atoms with E-state index < -0.39 is 147 Å². The van der Waals surface area contributed by atoms with E-state index in [1.807, 2.05) is 48.5 Å². The fraction of sp³-hybridized carbons (Fsp3) is 0.500. The van der Waals surface area contributed by atoms with Crippen LogP contribution in [0.3, 0.4) is 0 Å². The Morgan fingerprint density at radius 1 is 0.583 bits per heavy atom. The summed E-state index contributed by atoms with van der Waals surface area (Å²) in [5.41, 5.74) is 3.78. The van der Waals surface area contributed by atoms with Crippen molar-refractivity contribution in [1.82, 2.24) is 21.3 Å². The van der Waals surface area contributed by atoms with Crippen molar-refractivity contribution in [1.29, 1.82) is 0 Å². The lowest BCUT2D eigenvalue weighted by Crippen LogP contribution is -2.72. The Bertz CT molecular complexity index is 2330. The Balaban J connectivity index is 1.45. The second kappa shape index (κ2) is 25.6. The first-order valence-corrected chi connectivity index (χ1v) is 22.6. The van der Waals surface area contributed by atoms with Gasteiger partial charge in [-0.3, -0.25) is 38.4 Å². The molecule has 2 aromatic rings. The first-order valence-electron chi connectivity index (χ1n) is 22.6. The lowest BCUT2D eigenvalue weighted by atomic mass is 9.93. The van der Waals surface area contributed by atoms with E-state index in [2.05, 4.69) is 27.8 Å². The molecule has 4 amide bonds. The molecule has 5 rings (SSSR count). The monoisotopic (exact) mass is 1010 g/mol. The van der Waals surface area contributed by atoms with Gasteiger partial charge in [0.25, 0.3) is 0 Å². The number of nitrogens with one attached hydrogen (secondary N) is 4. The molecule has 4 N–H and O–H groups in total. The molecule has 3 aliphatic rings. The lowest BCUT2D eigenvalue weighted by molar-refractivity contribution is -0.318. The van der Waals surface area contributed by atoms with Crippen molar-refractivity contribution in [2.24, 2.45) is 0 Å². The van der Waals surface area contributed by atoms with Gasteiger partial charge in [-0.2, -0.15) is 0 Å². The number of hydrogen-bond donors (Lipinski definition) is 4. The van der Waals surface area contributed by atoms with Crippen LogP contribution in [-0.2, 0) is 90.5 Å². The molecule has 0 bridgehead atoms. The van der Waals surface area contributed by atoms with Crippen LogP contribution in [-0.4, -0.2) is 153 Å². The van der Waals surface area contributed by atoms with Crippen LogP contribution in [0.2, 0.25) is 0 Å². The molecule has 390 valence electrons. The van der Waals surface area contributed by atoms with Gasteiger partial charge in [0.1, 0.15) is 62.9 Å². The van der Waals surface area contributed by atoms with Crippen molar-refractivity contribution >= 4 is 59.6 Å². The summed E-state index contributed by atoms with van der Waals surface area (Å²) in [4.78, 5) is 129. The average molecular weight is 1010 g/mol. The van der Waals surface area contributed by atoms with Crippen molar-refractivity contribution in [2.45, 2.75) is 128 Å². The molecular weight excluding hydrogens is 953 g/mol. The van der Waals surface area contributed by atoms with Gasteiger partial charge < -0.3 is 68.6 Å². The summed E-state index contributed by atoms with van der Waals surface area (Å²) in [6, 6.07) is 10.4. The van der Waals surface area contributed by atoms with Crippen LogP contribution in [0, 0.1) is 0 Å². The van der Waals surface area contributed by atoms with E-state index in [1.165, 1.54) is 6.08 Å². The zero-order valence-corrected chi connectivity index (χ0v) is 40.5. The Morgan fingerprint density at radius 3 is 1.60 bits per heavy atom. The molecule has 24 nitrogen and oxygen atoms in total. The molecular formula is C48H58N4O20. The van der Waals surface area contributed by atoms with Crippen molar-refractivity contribution in [3.63, 3.8) is 0 Å². The molecule has 72 heavy (non-hydrogen) atoms. The van der Waals surface area contributed by atoms with Gasteiger partial charge in [0.2, 0.25) is 17.7 Å². The maximum Gasteiger partial charge on any atom is 0.407 e. The Kier molecular flexibility index (Phi) is 19.7. The maximum absolute atomic E-state index is 14.1. The third kappa shape index (κ3) is 15.0. The van der Waals surface area contributed by atoms with Crippen molar-refractivity contribution < 1.29 is 95.3 Å². The van der Waals surface area contributed by atoms with E-state index in [-0.39, 0.29) is 19.1 Å². The minimum absolute atomic E-state index is 0.138. The Labute approximate surface area is 413 Å². The number of carbonyl (C=O) groups is 10. The first kappa shape index (κ1) is 55.5. The topological polar surface area (TPSA) is 311 Å². The zero-order valence-electron chi connectivity index (χ0n) is 40.5. The van der Waals surface area contributed by atoms with E-state index in [0.29, 0.717) is 0 Å². The molecule has 0 unspecified atom stereocenters. The third-order valence-corrected chi connectivity index (χ3v) is 11.1. The summed E-state index contributed by atoms with van der Waals surface area (Å²) >= 11 is 0. The van der Waals surface area contributed by atoms with E-state index in [4.69, 9.17) is 47.4 Å². The maximum atomic E-state index is 14.1. The predicted octanol–water partition coefficient (Wildman–Crippen LogP) is 0.895. The molecule has 2 aromatic carbocycles. The van der Waals surface area contributed by atoms with Gasteiger partial charge in [-0.05, 0) is 22.3 Å². The van der Waals surface area contributed by atoms with Crippen molar-refractivity contribution in [3.05, 3.63) is 72.3 Å². The summed E-state index contributed by atoms with van der Waals surface area (Å²) in [6.07, 6.45) is -13.7. The van der Waals surface area contributed by atoms with E-state index in [1.54, 1.807) is 0 Å². The van der Waals surface area contributed by atoms with Crippen LogP contribution >= 0.6 is 0 Å². The number of fused-ring (bicyclic) bond motifs is 3. The minimum Gasteiger partial charge on any atom is -0.463 e. The number of ether oxygens (including phenoxy) is 10. The molecule has 0 radical (unpaired) electrons. The van der Waals surface area contributed by atoms with Crippen LogP contribution in [0.15, 0.2) is 61.2 Å². The smallest absolute Gasteiger partial charge is 0.407 e. The number of amides is 4. The number of alkyl carbamates (subject to hydrolysis) is 1. The van der Waals surface area contributed by atoms with E-state index in [9.17, 15) is 47.9 Å². The van der Waals surface area contributed by atoms with Gasteiger partial charge in [-0.25, -0.2) is 9.59 Å². The van der Waals surface area contributed by atoms with Crippen LogP contribution in [0.25, 0.3) is 11.1 Å². The highest BCUT2D eigenvalue weighted by atomic mass is 16.7. The lowest BCUT2D eigenvalue weighted by Gasteiger charge is -2.49. The fourth-order valence-corrected chi connectivity index (χ4v) is 8.47. The van der Waals surface area contributed by atoms with Gasteiger partial charge in [-0.15, -0.1) is 0 Å². The highest BCUT2D eigenvalue weighted by Crippen LogP contribution is 2.44. The summed E-state index contributed by atoms with van der Waals surface area (Å²) in [7, 11) is 0. The standard InChI is InChI=1S/C48H58N4O20/c1-9-18-63-46(61)35(51-48(62)66-20-34-32-16-12-10-14-30(32)31-15-11-13-17-33(31)34)19-38(60)52-45-39(49-23(2)53)43(68-28(7)58)42(36(70-45)21-64-25(4)55)72-47-40(50-24(3)54)44(69-29(8)59)41(67-27(6)57)37(71-47)22-65-26(5)56/h9-17,34-37,39-45,47H,1,18-22H2,2-8H3,(H,49,53)(H,50,54)(H,51,62)(H,52,60)/t35-,36+,37+,39+,40+,41+,42+,43+,44+,45+,47-/m0/s1. The predicted molar refractivity (Wildman–Crippen MR) is 243 cm³/mol. The van der Waals surface area contributed by atoms with Crippen LogP contribution in [0.5, 0.6) is 0 Å². The number of carbonyl (C=O) groups excluding carboxylic acids is 10. The molecule has 2 fully saturated rings. The average Bonchev–Trinajstić information content (AvgIpc) is 3.62. The number of benzene rings is 2. The fourth-order valence-electron chi connectivity index (χ4n) is 8.47. The molecule has 0 aromatic heterocycles. The molecule has 0 spiro atoms. The molecule has 2 aliphatic heterocycles. The third-order valence-electron chi connectivity index (χ3n) is 11.1. The number of esters is 6. The Hall–Kier alpha value is -7.44. The van der Waals surface area contributed by atoms with Crippen molar-refractivity contribution in [2.75, 3.05) is 26.4 Å². The first-order chi connectivity index (χ1) is 34.2. The second-order valence-electron chi connectivity index (χ2n) is 16.7. The molecule has 2 saturated heterocycles. The molecule has 11 atom stereocenters. The normalized spacial score (nSPS) is 24.5. The SMILES string of the molecule is C=CCOC(=O)[C@H](CC(=O)N[C@@H]1O[C@H](COC(C)=O)[C@@H](O[C@@H]2O[C@H](COC(C)=O)[C@@H](OC(C)=O)[C@H](OC(C)=O)[C@H]2NC(C)=O)[C@H](OC(C)=O)[C@H]1NC(C)=O)NC(=O)OCC1c2ccccc2-c2ccccc21. The Morgan fingerprint density at radius 2 is 1.08 bits per heavy atom. The largest absolute Gasteiger partial charge is 0.463 e. The number of hydrogen-bond acceptors (Lipinski definition) is 20. The quantitative estimate of drug-likeness (QED) is 0.0813. The summed E-state index contributed by atoms with van der Waals surface area (Å²) < 4.78 is 57.0. The van der Waals surface area contributed by atoms with Gasteiger partial charge in [0.15, 0.2) is 30.8 Å². The van der Waals surface area contributed by atoms with Crippen molar-refractivity contribution in [3.8, 4) is 11.1 Å². The van der Waals surface area contributed by atoms with Gasteiger partial charge in [0.05, 0.1) is 6.42 Å². The molecule has 24 heteroatoms. The zero-order chi connectivity index (χ0) is 52.8. The highest BCUT2D eigenvalue weighted by molar-refractivity contribution is 5.88. The van der Waals surface area contributed by atoms with Crippen LogP contribution < -0.4 is 21.3 Å².